The van der Waals surface area contributed by atoms with Gasteiger partial charge in [-0.05, 0) is 49.4 Å². The SMILES string of the molecule is CCOc1ccc(NS(=O)(=O)c2ccc(Cl)c(C(=O)Nc3nccs3)c2)cc1. The van der Waals surface area contributed by atoms with Gasteiger partial charge in [-0.2, -0.15) is 0 Å². The maximum absolute atomic E-state index is 12.7. The summed E-state index contributed by atoms with van der Waals surface area (Å²) in [6.07, 6.45) is 1.55. The molecule has 0 unspecified atom stereocenters. The van der Waals surface area contributed by atoms with Crippen molar-refractivity contribution in [1.29, 1.82) is 0 Å². The van der Waals surface area contributed by atoms with Crippen molar-refractivity contribution < 1.29 is 17.9 Å². The Morgan fingerprint density at radius 3 is 2.61 bits per heavy atom. The zero-order chi connectivity index (χ0) is 20.1. The van der Waals surface area contributed by atoms with Crippen LogP contribution in [-0.2, 0) is 10.0 Å². The van der Waals surface area contributed by atoms with E-state index in [1.807, 2.05) is 6.92 Å². The van der Waals surface area contributed by atoms with Gasteiger partial charge in [-0.1, -0.05) is 11.6 Å². The van der Waals surface area contributed by atoms with Crippen molar-refractivity contribution in [2.45, 2.75) is 11.8 Å². The minimum absolute atomic E-state index is 0.0337. The van der Waals surface area contributed by atoms with Gasteiger partial charge in [0.15, 0.2) is 5.13 Å². The van der Waals surface area contributed by atoms with E-state index in [1.165, 1.54) is 29.5 Å². The van der Waals surface area contributed by atoms with Crippen molar-refractivity contribution >= 4 is 49.7 Å². The second kappa shape index (κ2) is 8.59. The third-order valence-corrected chi connectivity index (χ3v) is 5.96. The van der Waals surface area contributed by atoms with Gasteiger partial charge in [0.05, 0.1) is 22.1 Å². The normalized spacial score (nSPS) is 11.1. The average Bonchev–Trinajstić information content (AvgIpc) is 3.16. The smallest absolute Gasteiger partial charge is 0.261 e. The Kier molecular flexibility index (Phi) is 6.18. The summed E-state index contributed by atoms with van der Waals surface area (Å²) in [5.74, 6) is 0.0937. The third-order valence-electron chi connectivity index (χ3n) is 3.56. The summed E-state index contributed by atoms with van der Waals surface area (Å²) in [6.45, 7) is 2.38. The summed E-state index contributed by atoms with van der Waals surface area (Å²) < 4.78 is 33.2. The summed E-state index contributed by atoms with van der Waals surface area (Å²) >= 11 is 7.32. The van der Waals surface area contributed by atoms with Crippen LogP contribution in [0.15, 0.2) is 58.9 Å². The number of carbonyl (C=O) groups is 1. The van der Waals surface area contributed by atoms with Crippen LogP contribution in [0.3, 0.4) is 0 Å². The number of nitrogens with zero attached hydrogens (tertiary/aromatic N) is 1. The van der Waals surface area contributed by atoms with Crippen molar-refractivity contribution in [3.05, 3.63) is 64.6 Å². The van der Waals surface area contributed by atoms with Crippen LogP contribution < -0.4 is 14.8 Å². The van der Waals surface area contributed by atoms with E-state index in [0.717, 1.165) is 0 Å². The number of thiazole rings is 1. The van der Waals surface area contributed by atoms with E-state index < -0.39 is 15.9 Å². The number of carbonyl (C=O) groups excluding carboxylic acids is 1. The molecule has 1 heterocycles. The van der Waals surface area contributed by atoms with Crippen molar-refractivity contribution in [3.63, 3.8) is 0 Å². The van der Waals surface area contributed by atoms with Gasteiger partial charge in [0.2, 0.25) is 0 Å². The lowest BCUT2D eigenvalue weighted by Gasteiger charge is -2.11. The number of hydrogen-bond donors (Lipinski definition) is 2. The Balaban J connectivity index is 1.82. The fourth-order valence-corrected chi connectivity index (χ4v) is 4.11. The fraction of sp³-hybridized carbons (Fsp3) is 0.111. The maximum atomic E-state index is 12.7. The number of aromatic nitrogens is 1. The molecule has 0 saturated heterocycles. The van der Waals surface area contributed by atoms with Crippen LogP contribution in [0, 0.1) is 0 Å². The first kappa shape index (κ1) is 20.1. The predicted molar refractivity (Wildman–Crippen MR) is 110 cm³/mol. The molecule has 146 valence electrons. The number of hydrogen-bond acceptors (Lipinski definition) is 6. The zero-order valence-corrected chi connectivity index (χ0v) is 17.1. The van der Waals surface area contributed by atoms with Crippen LogP contribution in [0.25, 0.3) is 0 Å². The van der Waals surface area contributed by atoms with Crippen LogP contribution in [0.4, 0.5) is 10.8 Å². The van der Waals surface area contributed by atoms with Gasteiger partial charge < -0.3 is 4.74 Å². The number of anilines is 2. The molecule has 0 aliphatic carbocycles. The molecule has 0 fully saturated rings. The van der Waals surface area contributed by atoms with Crippen LogP contribution >= 0.6 is 22.9 Å². The van der Waals surface area contributed by atoms with Crippen LogP contribution in [0.5, 0.6) is 5.75 Å². The maximum Gasteiger partial charge on any atom is 0.261 e. The molecule has 0 atom stereocenters. The Hall–Kier alpha value is -2.62. The van der Waals surface area contributed by atoms with Crippen molar-refractivity contribution in [3.8, 4) is 5.75 Å². The molecule has 0 radical (unpaired) electrons. The van der Waals surface area contributed by atoms with E-state index in [2.05, 4.69) is 15.0 Å². The molecule has 2 aromatic carbocycles. The van der Waals surface area contributed by atoms with E-state index in [9.17, 15) is 13.2 Å². The molecule has 0 bridgehead atoms. The number of benzene rings is 2. The minimum atomic E-state index is -3.92. The van der Waals surface area contributed by atoms with E-state index in [4.69, 9.17) is 16.3 Å². The summed E-state index contributed by atoms with van der Waals surface area (Å²) in [5, 5.41) is 4.81. The highest BCUT2D eigenvalue weighted by Crippen LogP contribution is 2.24. The van der Waals surface area contributed by atoms with E-state index in [-0.39, 0.29) is 15.5 Å². The van der Waals surface area contributed by atoms with Crippen LogP contribution in [0.2, 0.25) is 5.02 Å². The Bertz CT molecular complexity index is 1070. The first-order valence-electron chi connectivity index (χ1n) is 8.15. The molecule has 1 amide bonds. The topological polar surface area (TPSA) is 97.4 Å². The lowest BCUT2D eigenvalue weighted by atomic mass is 10.2. The van der Waals surface area contributed by atoms with Gasteiger partial charge in [-0.25, -0.2) is 13.4 Å². The van der Waals surface area contributed by atoms with Crippen LogP contribution in [0.1, 0.15) is 17.3 Å². The molecule has 3 aromatic rings. The highest BCUT2D eigenvalue weighted by molar-refractivity contribution is 7.92. The number of ether oxygens (including phenoxy) is 1. The Morgan fingerprint density at radius 2 is 1.96 bits per heavy atom. The van der Waals surface area contributed by atoms with Crippen molar-refractivity contribution in [2.75, 3.05) is 16.6 Å². The second-order valence-corrected chi connectivity index (χ2v) is 8.48. The molecule has 10 heteroatoms. The van der Waals surface area contributed by atoms with Gasteiger partial charge in [-0.3, -0.25) is 14.8 Å². The largest absolute Gasteiger partial charge is 0.494 e. The van der Waals surface area contributed by atoms with Crippen molar-refractivity contribution in [2.24, 2.45) is 0 Å². The molecule has 0 spiro atoms. The molecule has 2 N–H and O–H groups in total. The number of sulfonamides is 1. The minimum Gasteiger partial charge on any atom is -0.494 e. The second-order valence-electron chi connectivity index (χ2n) is 5.50. The van der Waals surface area contributed by atoms with Gasteiger partial charge in [-0.15, -0.1) is 11.3 Å². The van der Waals surface area contributed by atoms with Crippen molar-refractivity contribution in [1.82, 2.24) is 4.98 Å². The van der Waals surface area contributed by atoms with Gasteiger partial charge >= 0.3 is 0 Å². The number of nitrogens with one attached hydrogen (secondary N) is 2. The summed E-state index contributed by atoms with van der Waals surface area (Å²) in [6, 6.07) is 10.4. The average molecular weight is 438 g/mol. The highest BCUT2D eigenvalue weighted by Gasteiger charge is 2.19. The quantitative estimate of drug-likeness (QED) is 0.575. The van der Waals surface area contributed by atoms with E-state index >= 15 is 0 Å². The predicted octanol–water partition coefficient (Wildman–Crippen LogP) is 4.25. The van der Waals surface area contributed by atoms with Gasteiger partial charge in [0.1, 0.15) is 5.75 Å². The monoisotopic (exact) mass is 437 g/mol. The number of halogens is 1. The summed E-state index contributed by atoms with van der Waals surface area (Å²) in [5.41, 5.74) is 0.402. The number of amides is 1. The van der Waals surface area contributed by atoms with Gasteiger partial charge in [0.25, 0.3) is 15.9 Å². The Labute approximate surface area is 171 Å². The number of rotatable bonds is 7. The molecule has 28 heavy (non-hydrogen) atoms. The lowest BCUT2D eigenvalue weighted by molar-refractivity contribution is 0.102. The first-order chi connectivity index (χ1) is 13.4. The fourth-order valence-electron chi connectivity index (χ4n) is 2.30. The standard InChI is InChI=1S/C18H16ClN3O4S2/c1-2-26-13-5-3-12(4-6-13)22-28(24,25)14-7-8-16(19)15(11-14)17(23)21-18-20-9-10-27-18/h3-11,22H,2H2,1H3,(H,20,21,23). The van der Waals surface area contributed by atoms with Crippen LogP contribution in [-0.4, -0.2) is 25.9 Å². The van der Waals surface area contributed by atoms with Gasteiger partial charge in [0, 0.05) is 17.3 Å². The molecular formula is C18H16ClN3O4S2. The first-order valence-corrected chi connectivity index (χ1v) is 10.9. The van der Waals surface area contributed by atoms with E-state index in [0.29, 0.717) is 23.2 Å². The molecule has 1 aromatic heterocycles. The molecule has 0 aliphatic heterocycles. The highest BCUT2D eigenvalue weighted by atomic mass is 35.5. The molecule has 7 nitrogen and oxygen atoms in total. The molecule has 0 saturated carbocycles. The Morgan fingerprint density at radius 1 is 1.21 bits per heavy atom. The third kappa shape index (κ3) is 4.80. The zero-order valence-electron chi connectivity index (χ0n) is 14.7. The molecule has 0 aliphatic rings. The molecular weight excluding hydrogens is 422 g/mol. The summed E-state index contributed by atoms with van der Waals surface area (Å²) in [4.78, 5) is 16.3. The lowest BCUT2D eigenvalue weighted by Crippen LogP contribution is -2.16. The van der Waals surface area contributed by atoms with E-state index in [1.54, 1.807) is 35.8 Å². The summed E-state index contributed by atoms with van der Waals surface area (Å²) in [7, 11) is -3.92. The molecule has 3 rings (SSSR count).